The number of urea groups is 1. The fourth-order valence-electron chi connectivity index (χ4n) is 2.35. The van der Waals surface area contributed by atoms with Gasteiger partial charge in [-0.1, -0.05) is 6.07 Å². The number of halogens is 1. The Bertz CT molecular complexity index is 753. The third kappa shape index (κ3) is 3.64. The first kappa shape index (κ1) is 15.0. The van der Waals surface area contributed by atoms with Crippen LogP contribution in [0.25, 0.3) is 0 Å². The SMILES string of the molecule is N#Cc1cc(F)ccc1NC(=O)N(Cc1cccnc1)C1CC1. The number of rotatable bonds is 4. The molecule has 1 aromatic heterocycles. The Morgan fingerprint density at radius 3 is 2.91 bits per heavy atom. The van der Waals surface area contributed by atoms with E-state index in [-0.39, 0.29) is 17.6 Å². The molecular formula is C17H15FN4O. The zero-order valence-electron chi connectivity index (χ0n) is 12.4. The smallest absolute Gasteiger partial charge is 0.317 e. The van der Waals surface area contributed by atoms with Crippen LogP contribution < -0.4 is 5.32 Å². The normalized spacial score (nSPS) is 13.2. The van der Waals surface area contributed by atoms with Gasteiger partial charge in [0.05, 0.1) is 11.3 Å². The predicted octanol–water partition coefficient (Wildman–Crippen LogP) is 3.29. The molecule has 23 heavy (non-hydrogen) atoms. The molecule has 116 valence electrons. The standard InChI is InChI=1S/C17H15FN4O/c18-14-3-6-16(13(8-14)9-19)21-17(23)22(15-4-5-15)11-12-2-1-7-20-10-12/h1-3,6-8,10,15H,4-5,11H2,(H,21,23). The van der Waals surface area contributed by atoms with Crippen molar-refractivity contribution < 1.29 is 9.18 Å². The van der Waals surface area contributed by atoms with E-state index in [2.05, 4.69) is 10.3 Å². The Kier molecular flexibility index (Phi) is 4.20. The minimum atomic E-state index is -0.506. The fraction of sp³-hybridized carbons (Fsp3) is 0.235. The molecule has 1 aliphatic carbocycles. The van der Waals surface area contributed by atoms with Gasteiger partial charge in [-0.2, -0.15) is 5.26 Å². The Morgan fingerprint density at radius 2 is 2.26 bits per heavy atom. The Morgan fingerprint density at radius 1 is 1.43 bits per heavy atom. The van der Waals surface area contributed by atoms with Crippen molar-refractivity contribution in [1.29, 1.82) is 5.26 Å². The van der Waals surface area contributed by atoms with Crippen LogP contribution in [-0.2, 0) is 6.54 Å². The number of hydrogen-bond donors (Lipinski definition) is 1. The predicted molar refractivity (Wildman–Crippen MR) is 82.9 cm³/mol. The molecule has 0 saturated heterocycles. The van der Waals surface area contributed by atoms with E-state index >= 15 is 0 Å². The molecule has 1 aromatic carbocycles. The quantitative estimate of drug-likeness (QED) is 0.942. The average molecular weight is 310 g/mol. The second kappa shape index (κ2) is 6.44. The van der Waals surface area contributed by atoms with E-state index in [1.54, 1.807) is 17.3 Å². The number of pyridine rings is 1. The highest BCUT2D eigenvalue weighted by Crippen LogP contribution is 2.29. The topological polar surface area (TPSA) is 69.0 Å². The van der Waals surface area contributed by atoms with Gasteiger partial charge >= 0.3 is 6.03 Å². The van der Waals surface area contributed by atoms with E-state index in [0.29, 0.717) is 12.2 Å². The van der Waals surface area contributed by atoms with E-state index in [1.165, 1.54) is 12.1 Å². The van der Waals surface area contributed by atoms with Gasteiger partial charge in [-0.15, -0.1) is 0 Å². The van der Waals surface area contributed by atoms with Crippen LogP contribution in [0.3, 0.4) is 0 Å². The van der Waals surface area contributed by atoms with Crippen molar-refractivity contribution in [2.24, 2.45) is 0 Å². The lowest BCUT2D eigenvalue weighted by atomic mass is 10.2. The van der Waals surface area contributed by atoms with Gasteiger partial charge in [0.25, 0.3) is 0 Å². The largest absolute Gasteiger partial charge is 0.322 e. The molecule has 0 spiro atoms. The number of amides is 2. The van der Waals surface area contributed by atoms with Gasteiger partial charge in [-0.05, 0) is 42.7 Å². The van der Waals surface area contributed by atoms with Gasteiger partial charge in [-0.25, -0.2) is 9.18 Å². The molecule has 1 aliphatic rings. The molecule has 2 amide bonds. The summed E-state index contributed by atoms with van der Waals surface area (Å²) >= 11 is 0. The van der Waals surface area contributed by atoms with Crippen molar-refractivity contribution in [3.63, 3.8) is 0 Å². The number of nitrogens with one attached hydrogen (secondary N) is 1. The lowest BCUT2D eigenvalue weighted by Gasteiger charge is -2.23. The second-order valence-corrected chi connectivity index (χ2v) is 5.45. The molecule has 0 radical (unpaired) electrons. The molecular weight excluding hydrogens is 295 g/mol. The van der Waals surface area contributed by atoms with Crippen molar-refractivity contribution in [3.05, 3.63) is 59.7 Å². The third-order valence-corrected chi connectivity index (χ3v) is 3.67. The summed E-state index contributed by atoms with van der Waals surface area (Å²) in [5.74, 6) is -0.506. The van der Waals surface area contributed by atoms with Gasteiger partial charge < -0.3 is 10.2 Å². The van der Waals surface area contributed by atoms with Crippen LogP contribution in [0.2, 0.25) is 0 Å². The summed E-state index contributed by atoms with van der Waals surface area (Å²) in [6, 6.07) is 9.27. The number of hydrogen-bond acceptors (Lipinski definition) is 3. The van der Waals surface area contributed by atoms with Crippen molar-refractivity contribution in [3.8, 4) is 6.07 Å². The van der Waals surface area contributed by atoms with E-state index in [1.807, 2.05) is 18.2 Å². The molecule has 5 nitrogen and oxygen atoms in total. The molecule has 3 rings (SSSR count). The first-order valence-corrected chi connectivity index (χ1v) is 7.33. The monoisotopic (exact) mass is 310 g/mol. The first-order valence-electron chi connectivity index (χ1n) is 7.33. The molecule has 2 aromatic rings. The Labute approximate surface area is 133 Å². The highest BCUT2D eigenvalue weighted by Gasteiger charge is 2.32. The lowest BCUT2D eigenvalue weighted by Crippen LogP contribution is -2.36. The summed E-state index contributed by atoms with van der Waals surface area (Å²) in [5, 5.41) is 11.8. The van der Waals surface area contributed by atoms with Crippen LogP contribution in [0.4, 0.5) is 14.9 Å². The minimum absolute atomic E-state index is 0.107. The number of anilines is 1. The molecule has 1 heterocycles. The number of aromatic nitrogens is 1. The number of benzene rings is 1. The van der Waals surface area contributed by atoms with Crippen LogP contribution in [0.1, 0.15) is 24.0 Å². The molecule has 0 bridgehead atoms. The fourth-order valence-corrected chi connectivity index (χ4v) is 2.35. The van der Waals surface area contributed by atoms with Crippen molar-refractivity contribution >= 4 is 11.7 Å². The van der Waals surface area contributed by atoms with E-state index < -0.39 is 5.82 Å². The molecule has 0 atom stereocenters. The number of nitriles is 1. The van der Waals surface area contributed by atoms with Gasteiger partial charge in [-0.3, -0.25) is 4.98 Å². The minimum Gasteiger partial charge on any atom is -0.317 e. The van der Waals surface area contributed by atoms with E-state index in [9.17, 15) is 9.18 Å². The first-order chi connectivity index (χ1) is 11.2. The molecule has 1 saturated carbocycles. The van der Waals surface area contributed by atoms with Crippen molar-refractivity contribution in [1.82, 2.24) is 9.88 Å². The summed E-state index contributed by atoms with van der Waals surface area (Å²) < 4.78 is 13.2. The highest BCUT2D eigenvalue weighted by atomic mass is 19.1. The van der Waals surface area contributed by atoms with Gasteiger partial charge in [0.15, 0.2) is 0 Å². The maximum Gasteiger partial charge on any atom is 0.322 e. The zero-order valence-corrected chi connectivity index (χ0v) is 12.4. The van der Waals surface area contributed by atoms with Crippen LogP contribution >= 0.6 is 0 Å². The zero-order chi connectivity index (χ0) is 16.2. The molecule has 0 unspecified atom stereocenters. The van der Waals surface area contributed by atoms with E-state index in [4.69, 9.17) is 5.26 Å². The van der Waals surface area contributed by atoms with Crippen LogP contribution in [0, 0.1) is 17.1 Å². The summed E-state index contributed by atoms with van der Waals surface area (Å²) in [5.41, 5.74) is 1.36. The number of nitrogens with zero attached hydrogens (tertiary/aromatic N) is 3. The Hall–Kier alpha value is -2.94. The molecule has 0 aliphatic heterocycles. The second-order valence-electron chi connectivity index (χ2n) is 5.45. The average Bonchev–Trinajstić information content (AvgIpc) is 3.40. The molecule has 1 N–H and O–H groups in total. The molecule has 6 heteroatoms. The number of carbonyl (C=O) groups excluding carboxylic acids is 1. The van der Waals surface area contributed by atoms with Crippen LogP contribution in [0.5, 0.6) is 0 Å². The summed E-state index contributed by atoms with van der Waals surface area (Å²) in [6.45, 7) is 0.452. The van der Waals surface area contributed by atoms with E-state index in [0.717, 1.165) is 24.5 Å². The lowest BCUT2D eigenvalue weighted by molar-refractivity contribution is 0.206. The maximum absolute atomic E-state index is 13.2. The van der Waals surface area contributed by atoms with Gasteiger partial charge in [0.2, 0.25) is 0 Å². The van der Waals surface area contributed by atoms with Crippen molar-refractivity contribution in [2.45, 2.75) is 25.4 Å². The van der Waals surface area contributed by atoms with Gasteiger partial charge in [0.1, 0.15) is 11.9 Å². The Balaban J connectivity index is 1.76. The maximum atomic E-state index is 13.2. The summed E-state index contributed by atoms with van der Waals surface area (Å²) in [4.78, 5) is 18.3. The van der Waals surface area contributed by atoms with Crippen LogP contribution in [-0.4, -0.2) is 22.0 Å². The van der Waals surface area contributed by atoms with Crippen LogP contribution in [0.15, 0.2) is 42.7 Å². The number of carbonyl (C=O) groups is 1. The summed E-state index contributed by atoms with van der Waals surface area (Å²) in [7, 11) is 0. The highest BCUT2D eigenvalue weighted by molar-refractivity contribution is 5.91. The third-order valence-electron chi connectivity index (χ3n) is 3.67. The van der Waals surface area contributed by atoms with Crippen molar-refractivity contribution in [2.75, 3.05) is 5.32 Å². The molecule has 1 fully saturated rings. The summed E-state index contributed by atoms with van der Waals surface area (Å²) in [6.07, 6.45) is 5.33. The van der Waals surface area contributed by atoms with Gasteiger partial charge in [0, 0.05) is 25.0 Å².